The fraction of sp³-hybridized carbons (Fsp3) is 0.267. The number of anilines is 2. The quantitative estimate of drug-likeness (QED) is 0.292. The molecular formula is C30H28N8O2. The number of piperidine rings is 1. The Morgan fingerprint density at radius 3 is 2.70 bits per heavy atom. The smallest absolute Gasteiger partial charge is 0.246 e. The Morgan fingerprint density at radius 1 is 1.05 bits per heavy atom. The van der Waals surface area contributed by atoms with Gasteiger partial charge < -0.3 is 15.0 Å². The Morgan fingerprint density at radius 2 is 1.90 bits per heavy atom. The molecule has 40 heavy (non-hydrogen) atoms. The molecule has 200 valence electrons. The predicted octanol–water partition coefficient (Wildman–Crippen LogP) is 5.33. The van der Waals surface area contributed by atoms with E-state index in [4.69, 9.17) is 9.72 Å². The molecule has 2 bridgehead atoms. The first-order chi connectivity index (χ1) is 19.6. The lowest BCUT2D eigenvalue weighted by atomic mass is 9.87. The first kappa shape index (κ1) is 24.2. The maximum absolute atomic E-state index is 12.4. The number of fused-ring (bicyclic) bond motifs is 4. The number of benzene rings is 1. The van der Waals surface area contributed by atoms with Crippen LogP contribution in [0.2, 0.25) is 0 Å². The summed E-state index contributed by atoms with van der Waals surface area (Å²) in [5.41, 5.74) is 5.10. The van der Waals surface area contributed by atoms with Crippen molar-refractivity contribution in [2.45, 2.75) is 50.6 Å². The monoisotopic (exact) mass is 532 g/mol. The molecule has 2 saturated heterocycles. The minimum absolute atomic E-state index is 0.0420. The molecule has 3 atom stereocenters. The molecule has 1 aromatic carbocycles. The fourth-order valence-electron chi connectivity index (χ4n) is 6.12. The highest BCUT2D eigenvalue weighted by Crippen LogP contribution is 2.43. The number of aryl methyl sites for hydroxylation is 1. The molecule has 10 nitrogen and oxygen atoms in total. The van der Waals surface area contributed by atoms with E-state index in [1.54, 1.807) is 10.8 Å². The van der Waals surface area contributed by atoms with Gasteiger partial charge in [-0.1, -0.05) is 6.58 Å². The molecule has 5 aromatic rings. The molecule has 4 aromatic heterocycles. The van der Waals surface area contributed by atoms with Gasteiger partial charge in [0, 0.05) is 41.6 Å². The molecule has 10 heteroatoms. The summed E-state index contributed by atoms with van der Waals surface area (Å²) in [6.45, 7) is 5.69. The molecule has 2 aliphatic heterocycles. The second kappa shape index (κ2) is 9.71. The summed E-state index contributed by atoms with van der Waals surface area (Å²) in [4.78, 5) is 32.7. The van der Waals surface area contributed by atoms with Crippen LogP contribution in [0, 0.1) is 6.92 Å². The number of nitrogens with one attached hydrogen (secondary N) is 1. The summed E-state index contributed by atoms with van der Waals surface area (Å²) >= 11 is 0. The SMILES string of the molecule is C=CC(=O)N1C2CC[C@H]1C[C@@H](c1ccc3ncnc(Nc4ccc(Oc5ccn6ncnc6c5)c(C)c4)c3n1)C2. The Balaban J connectivity index is 1.12. The zero-order chi connectivity index (χ0) is 27.2. The van der Waals surface area contributed by atoms with Crippen molar-refractivity contribution < 1.29 is 9.53 Å². The molecule has 0 saturated carbocycles. The van der Waals surface area contributed by atoms with Crippen LogP contribution in [0.5, 0.6) is 11.5 Å². The van der Waals surface area contributed by atoms with Crippen molar-refractivity contribution in [3.63, 3.8) is 0 Å². The molecule has 1 unspecified atom stereocenters. The van der Waals surface area contributed by atoms with E-state index >= 15 is 0 Å². The highest BCUT2D eigenvalue weighted by molar-refractivity contribution is 5.88. The molecule has 6 heterocycles. The van der Waals surface area contributed by atoms with Gasteiger partial charge >= 0.3 is 0 Å². The first-order valence-corrected chi connectivity index (χ1v) is 13.5. The van der Waals surface area contributed by atoms with Gasteiger partial charge in [0.25, 0.3) is 0 Å². The minimum atomic E-state index is 0.0420. The third-order valence-corrected chi connectivity index (χ3v) is 8.00. The molecule has 2 fully saturated rings. The van der Waals surface area contributed by atoms with Gasteiger partial charge in [-0.2, -0.15) is 5.10 Å². The van der Waals surface area contributed by atoms with E-state index in [1.165, 1.54) is 12.4 Å². The fourth-order valence-corrected chi connectivity index (χ4v) is 6.12. The van der Waals surface area contributed by atoms with Gasteiger partial charge in [-0.25, -0.2) is 24.5 Å². The summed E-state index contributed by atoms with van der Waals surface area (Å²) in [5.74, 6) is 2.42. The second-order valence-corrected chi connectivity index (χ2v) is 10.5. The number of carbonyl (C=O) groups is 1. The Kier molecular flexibility index (Phi) is 5.87. The minimum Gasteiger partial charge on any atom is -0.457 e. The van der Waals surface area contributed by atoms with Gasteiger partial charge in [-0.15, -0.1) is 0 Å². The van der Waals surface area contributed by atoms with E-state index in [0.29, 0.717) is 17.5 Å². The number of rotatable bonds is 6. The van der Waals surface area contributed by atoms with E-state index in [0.717, 1.165) is 65.1 Å². The Hall–Kier alpha value is -4.86. The number of hydrogen-bond acceptors (Lipinski definition) is 8. The van der Waals surface area contributed by atoms with E-state index < -0.39 is 0 Å². The molecular weight excluding hydrogens is 504 g/mol. The number of aromatic nitrogens is 6. The molecule has 1 amide bonds. The van der Waals surface area contributed by atoms with Crippen LogP contribution in [0.4, 0.5) is 11.5 Å². The van der Waals surface area contributed by atoms with Gasteiger partial charge in [-0.3, -0.25) is 4.79 Å². The van der Waals surface area contributed by atoms with Crippen LogP contribution in [0.1, 0.15) is 42.9 Å². The summed E-state index contributed by atoms with van der Waals surface area (Å²) in [6.07, 6.45) is 10.2. The zero-order valence-corrected chi connectivity index (χ0v) is 22.1. The van der Waals surface area contributed by atoms with Crippen LogP contribution >= 0.6 is 0 Å². The number of ether oxygens (including phenoxy) is 1. The average molecular weight is 533 g/mol. The molecule has 2 aliphatic rings. The van der Waals surface area contributed by atoms with Crippen molar-refractivity contribution in [1.82, 2.24) is 34.4 Å². The van der Waals surface area contributed by atoms with Crippen molar-refractivity contribution in [2.75, 3.05) is 5.32 Å². The summed E-state index contributed by atoms with van der Waals surface area (Å²) in [7, 11) is 0. The van der Waals surface area contributed by atoms with Gasteiger partial charge in [0.1, 0.15) is 29.7 Å². The second-order valence-electron chi connectivity index (χ2n) is 10.5. The van der Waals surface area contributed by atoms with Crippen molar-refractivity contribution >= 4 is 34.1 Å². The average Bonchev–Trinajstić information content (AvgIpc) is 3.54. The number of pyridine rings is 2. The lowest BCUT2D eigenvalue weighted by Crippen LogP contribution is -2.45. The van der Waals surface area contributed by atoms with E-state index in [9.17, 15) is 4.79 Å². The standard InChI is InChI=1S/C30H28N8O2/c1-3-28(39)38-21-5-6-22(38)14-19(13-21)24-7-8-25-29(36-24)30(33-16-31-25)35-20-4-9-26(18(2)12-20)40-23-10-11-37-27(15-23)32-17-34-37/h3-4,7-12,15-17,19,21-22H,1,5-6,13-14H2,2H3,(H,31,33,35)/t19-,21+,22?/m1/s1. The van der Waals surface area contributed by atoms with Crippen LogP contribution < -0.4 is 10.1 Å². The van der Waals surface area contributed by atoms with Gasteiger partial charge in [-0.05, 0) is 80.6 Å². The third kappa shape index (κ3) is 4.31. The van der Waals surface area contributed by atoms with Gasteiger partial charge in [0.15, 0.2) is 11.5 Å². The Labute approximate surface area is 230 Å². The summed E-state index contributed by atoms with van der Waals surface area (Å²) in [6, 6.07) is 14.2. The number of nitrogens with zero attached hydrogens (tertiary/aromatic N) is 7. The Bertz CT molecular complexity index is 1750. The van der Waals surface area contributed by atoms with Gasteiger partial charge in [0.2, 0.25) is 5.91 Å². The highest BCUT2D eigenvalue weighted by atomic mass is 16.5. The topological polar surface area (TPSA) is 110 Å². The lowest BCUT2D eigenvalue weighted by molar-refractivity contribution is -0.130. The normalized spacial score (nSPS) is 20.1. The maximum Gasteiger partial charge on any atom is 0.246 e. The third-order valence-electron chi connectivity index (χ3n) is 8.00. The highest BCUT2D eigenvalue weighted by Gasteiger charge is 2.43. The number of amides is 1. The molecule has 0 radical (unpaired) electrons. The maximum atomic E-state index is 12.4. The molecule has 7 rings (SSSR count). The van der Waals surface area contributed by atoms with Crippen LogP contribution in [0.3, 0.4) is 0 Å². The molecule has 1 N–H and O–H groups in total. The number of hydrogen-bond donors (Lipinski definition) is 1. The largest absolute Gasteiger partial charge is 0.457 e. The van der Waals surface area contributed by atoms with Gasteiger partial charge in [0.05, 0.1) is 5.52 Å². The first-order valence-electron chi connectivity index (χ1n) is 13.5. The van der Waals surface area contributed by atoms with Crippen molar-refractivity contribution in [1.29, 1.82) is 0 Å². The number of carbonyl (C=O) groups excluding carboxylic acids is 1. The van der Waals surface area contributed by atoms with E-state index in [1.807, 2.05) is 54.4 Å². The van der Waals surface area contributed by atoms with E-state index in [-0.39, 0.29) is 18.0 Å². The molecule has 0 aliphatic carbocycles. The zero-order valence-electron chi connectivity index (χ0n) is 22.1. The van der Waals surface area contributed by atoms with Crippen LogP contribution in [0.15, 0.2) is 74.0 Å². The predicted molar refractivity (Wildman–Crippen MR) is 151 cm³/mol. The molecule has 0 spiro atoms. The van der Waals surface area contributed by atoms with Crippen LogP contribution in [-0.2, 0) is 4.79 Å². The van der Waals surface area contributed by atoms with Crippen LogP contribution in [-0.4, -0.2) is 52.4 Å². The van der Waals surface area contributed by atoms with Crippen molar-refractivity contribution in [2.24, 2.45) is 0 Å². The summed E-state index contributed by atoms with van der Waals surface area (Å²) < 4.78 is 7.81. The van der Waals surface area contributed by atoms with E-state index in [2.05, 4.69) is 38.0 Å². The van der Waals surface area contributed by atoms with Crippen LogP contribution in [0.25, 0.3) is 16.7 Å². The lowest BCUT2D eigenvalue weighted by Gasteiger charge is -2.38. The van der Waals surface area contributed by atoms with Crippen molar-refractivity contribution in [3.8, 4) is 11.5 Å². The van der Waals surface area contributed by atoms with Crippen molar-refractivity contribution in [3.05, 3.63) is 85.2 Å². The summed E-state index contributed by atoms with van der Waals surface area (Å²) in [5, 5.41) is 7.55.